The quantitative estimate of drug-likeness (QED) is 0.217. The van der Waals surface area contributed by atoms with Gasteiger partial charge in [0, 0.05) is 12.1 Å². The third-order valence-corrected chi connectivity index (χ3v) is 4.38. The van der Waals surface area contributed by atoms with Gasteiger partial charge in [-0.1, -0.05) is 48.0 Å². The highest BCUT2D eigenvalue weighted by Gasteiger charge is 2.13. The van der Waals surface area contributed by atoms with Crippen molar-refractivity contribution in [1.29, 1.82) is 0 Å². The van der Waals surface area contributed by atoms with Crippen LogP contribution in [0.15, 0.2) is 78.9 Å². The maximum absolute atomic E-state index is 12.2. The molecule has 0 atom stereocenters. The lowest BCUT2D eigenvalue weighted by molar-refractivity contribution is -0.384. The van der Waals surface area contributed by atoms with Gasteiger partial charge in [-0.2, -0.15) is 0 Å². The zero-order chi connectivity index (χ0) is 22.9. The summed E-state index contributed by atoms with van der Waals surface area (Å²) < 4.78 is 10.7. The Morgan fingerprint density at radius 1 is 1.03 bits per heavy atom. The summed E-state index contributed by atoms with van der Waals surface area (Å²) in [6, 6.07) is 20.0. The van der Waals surface area contributed by atoms with Crippen molar-refractivity contribution in [1.82, 2.24) is 0 Å². The summed E-state index contributed by atoms with van der Waals surface area (Å²) in [6.07, 6.45) is 2.39. The standard InChI is InChI=1S/C23H17ClN2O6/c24-18-12-10-16(14-20(18)26(29)30)11-13-23(28)31-15-22(27)25-19-8-4-5-9-21(19)32-17-6-2-1-3-7-17/h1-14H,15H2,(H,25,27)/b13-11+. The van der Waals surface area contributed by atoms with Crippen LogP contribution in [0.1, 0.15) is 5.56 Å². The molecule has 0 aliphatic carbocycles. The first-order valence-electron chi connectivity index (χ1n) is 9.33. The fourth-order valence-corrected chi connectivity index (χ4v) is 2.77. The Kier molecular flexibility index (Phi) is 7.55. The zero-order valence-corrected chi connectivity index (χ0v) is 17.3. The van der Waals surface area contributed by atoms with Crippen LogP contribution in [0.4, 0.5) is 11.4 Å². The SMILES string of the molecule is O=C(COC(=O)/C=C/c1ccc(Cl)c([N+](=O)[O-])c1)Nc1ccccc1Oc1ccccc1. The van der Waals surface area contributed by atoms with Gasteiger partial charge in [0.05, 0.1) is 10.6 Å². The third-order valence-electron chi connectivity index (χ3n) is 4.06. The first-order valence-corrected chi connectivity index (χ1v) is 9.71. The molecule has 162 valence electrons. The lowest BCUT2D eigenvalue weighted by atomic mass is 10.2. The van der Waals surface area contributed by atoms with Gasteiger partial charge in [0.2, 0.25) is 0 Å². The summed E-state index contributed by atoms with van der Waals surface area (Å²) in [5, 5.41) is 13.5. The number of nitro benzene ring substituents is 1. The Bertz CT molecular complexity index is 1160. The van der Waals surface area contributed by atoms with Crippen LogP contribution in [-0.2, 0) is 14.3 Å². The molecule has 3 rings (SSSR count). The van der Waals surface area contributed by atoms with Crippen LogP contribution in [0.5, 0.6) is 11.5 Å². The van der Waals surface area contributed by atoms with Crippen LogP contribution >= 0.6 is 11.6 Å². The molecular formula is C23H17ClN2O6. The smallest absolute Gasteiger partial charge is 0.331 e. The summed E-state index contributed by atoms with van der Waals surface area (Å²) in [5.74, 6) is -0.305. The molecule has 0 saturated heterocycles. The summed E-state index contributed by atoms with van der Waals surface area (Å²) in [5.41, 5.74) is 0.522. The summed E-state index contributed by atoms with van der Waals surface area (Å²) in [4.78, 5) is 34.4. The van der Waals surface area contributed by atoms with Crippen LogP contribution in [0.25, 0.3) is 6.08 Å². The number of nitrogens with zero attached hydrogens (tertiary/aromatic N) is 1. The lowest BCUT2D eigenvalue weighted by Gasteiger charge is -2.12. The minimum Gasteiger partial charge on any atom is -0.455 e. The van der Waals surface area contributed by atoms with E-state index in [1.54, 1.807) is 36.4 Å². The van der Waals surface area contributed by atoms with Crippen LogP contribution in [0, 0.1) is 10.1 Å². The molecule has 0 spiro atoms. The van der Waals surface area contributed by atoms with E-state index in [0.29, 0.717) is 22.7 Å². The molecule has 0 aromatic heterocycles. The highest BCUT2D eigenvalue weighted by Crippen LogP contribution is 2.29. The molecule has 32 heavy (non-hydrogen) atoms. The molecule has 0 aliphatic rings. The topological polar surface area (TPSA) is 108 Å². The van der Waals surface area contributed by atoms with Crippen LogP contribution in [0.3, 0.4) is 0 Å². The van der Waals surface area contributed by atoms with E-state index >= 15 is 0 Å². The summed E-state index contributed by atoms with van der Waals surface area (Å²) in [7, 11) is 0. The number of halogens is 1. The van der Waals surface area contributed by atoms with Crippen molar-refractivity contribution in [3.8, 4) is 11.5 Å². The predicted molar refractivity (Wildman–Crippen MR) is 120 cm³/mol. The molecule has 8 nitrogen and oxygen atoms in total. The molecule has 0 radical (unpaired) electrons. The van der Waals surface area contributed by atoms with E-state index in [1.165, 1.54) is 24.3 Å². The number of esters is 1. The second-order valence-corrected chi connectivity index (χ2v) is 6.78. The number of nitrogens with one attached hydrogen (secondary N) is 1. The molecule has 1 N–H and O–H groups in total. The molecule has 3 aromatic carbocycles. The molecule has 0 bridgehead atoms. The molecule has 0 fully saturated rings. The fourth-order valence-electron chi connectivity index (χ4n) is 2.58. The zero-order valence-electron chi connectivity index (χ0n) is 16.6. The van der Waals surface area contributed by atoms with E-state index in [2.05, 4.69) is 5.32 Å². The van der Waals surface area contributed by atoms with Crippen molar-refractivity contribution in [2.75, 3.05) is 11.9 Å². The molecular weight excluding hydrogens is 436 g/mol. The maximum atomic E-state index is 12.2. The number of hydrogen-bond acceptors (Lipinski definition) is 6. The average Bonchev–Trinajstić information content (AvgIpc) is 2.79. The number of para-hydroxylation sites is 3. The van der Waals surface area contributed by atoms with Gasteiger partial charge in [-0.05, 0) is 42.0 Å². The van der Waals surface area contributed by atoms with Crippen molar-refractivity contribution in [3.05, 3.63) is 99.6 Å². The number of ether oxygens (including phenoxy) is 2. The molecule has 0 unspecified atom stereocenters. The van der Waals surface area contributed by atoms with Gasteiger partial charge in [-0.15, -0.1) is 0 Å². The number of anilines is 1. The van der Waals surface area contributed by atoms with E-state index < -0.39 is 23.4 Å². The van der Waals surface area contributed by atoms with E-state index in [0.717, 1.165) is 6.08 Å². The second-order valence-electron chi connectivity index (χ2n) is 6.37. The van der Waals surface area contributed by atoms with Gasteiger partial charge < -0.3 is 14.8 Å². The maximum Gasteiger partial charge on any atom is 0.331 e. The van der Waals surface area contributed by atoms with Crippen molar-refractivity contribution in [3.63, 3.8) is 0 Å². The molecule has 3 aromatic rings. The highest BCUT2D eigenvalue weighted by molar-refractivity contribution is 6.32. The number of amides is 1. The van der Waals surface area contributed by atoms with E-state index in [1.807, 2.05) is 18.2 Å². The number of carbonyl (C=O) groups excluding carboxylic acids is 2. The number of rotatable bonds is 8. The summed E-state index contributed by atoms with van der Waals surface area (Å²) in [6.45, 7) is -0.524. The van der Waals surface area contributed by atoms with Crippen molar-refractivity contribution in [2.24, 2.45) is 0 Å². The largest absolute Gasteiger partial charge is 0.455 e. The van der Waals surface area contributed by atoms with Crippen LogP contribution < -0.4 is 10.1 Å². The van der Waals surface area contributed by atoms with Crippen LogP contribution in [0.2, 0.25) is 5.02 Å². The monoisotopic (exact) mass is 452 g/mol. The van der Waals surface area contributed by atoms with Crippen molar-refractivity contribution < 1.29 is 24.0 Å². The second kappa shape index (κ2) is 10.7. The van der Waals surface area contributed by atoms with Crippen molar-refractivity contribution in [2.45, 2.75) is 0 Å². The van der Waals surface area contributed by atoms with Gasteiger partial charge >= 0.3 is 5.97 Å². The Morgan fingerprint density at radius 3 is 2.50 bits per heavy atom. The summed E-state index contributed by atoms with van der Waals surface area (Å²) >= 11 is 5.75. The minimum absolute atomic E-state index is 0.0112. The van der Waals surface area contributed by atoms with E-state index in [4.69, 9.17) is 21.1 Å². The Labute approximate surface area is 188 Å². The number of hydrogen-bond donors (Lipinski definition) is 1. The first-order chi connectivity index (χ1) is 15.4. The normalized spacial score (nSPS) is 10.5. The number of nitro groups is 1. The van der Waals surface area contributed by atoms with Gasteiger partial charge in [0.25, 0.3) is 11.6 Å². The Hall–Kier alpha value is -4.17. The molecule has 9 heteroatoms. The molecule has 1 amide bonds. The predicted octanol–water partition coefficient (Wildman–Crippen LogP) is 5.24. The Balaban J connectivity index is 1.55. The Morgan fingerprint density at radius 2 is 1.75 bits per heavy atom. The van der Waals surface area contributed by atoms with Gasteiger partial charge in [0.15, 0.2) is 12.4 Å². The lowest BCUT2D eigenvalue weighted by Crippen LogP contribution is -2.20. The highest BCUT2D eigenvalue weighted by atomic mass is 35.5. The van der Waals surface area contributed by atoms with E-state index in [9.17, 15) is 19.7 Å². The molecule has 0 saturated carbocycles. The molecule has 0 heterocycles. The first kappa shape index (κ1) is 22.5. The fraction of sp³-hybridized carbons (Fsp3) is 0.0435. The average molecular weight is 453 g/mol. The van der Waals surface area contributed by atoms with Crippen molar-refractivity contribution >= 4 is 40.9 Å². The third kappa shape index (κ3) is 6.41. The number of carbonyl (C=O) groups is 2. The van der Waals surface area contributed by atoms with Gasteiger partial charge in [-0.3, -0.25) is 14.9 Å². The van der Waals surface area contributed by atoms with Gasteiger partial charge in [0.1, 0.15) is 10.8 Å². The van der Waals surface area contributed by atoms with Crippen LogP contribution in [-0.4, -0.2) is 23.4 Å². The van der Waals surface area contributed by atoms with E-state index in [-0.39, 0.29) is 10.7 Å². The minimum atomic E-state index is -0.786. The van der Waals surface area contributed by atoms with Gasteiger partial charge in [-0.25, -0.2) is 4.79 Å². The molecule has 0 aliphatic heterocycles. The number of benzene rings is 3.